The average Bonchev–Trinajstić information content (AvgIpc) is 3.07. The summed E-state index contributed by atoms with van der Waals surface area (Å²) in [5, 5.41) is 8.90. The largest absolute Gasteiger partial charge is 0.480 e. The summed E-state index contributed by atoms with van der Waals surface area (Å²) in [6, 6.07) is 0.0689. The Morgan fingerprint density at radius 2 is 1.78 bits per heavy atom. The normalized spacial score (nSPS) is 28.0. The van der Waals surface area contributed by atoms with Crippen molar-refractivity contribution < 1.29 is 14.7 Å². The smallest absolute Gasteiger partial charge is 0.323 e. The van der Waals surface area contributed by atoms with E-state index in [0.717, 1.165) is 32.4 Å². The molecule has 0 bridgehead atoms. The van der Waals surface area contributed by atoms with E-state index >= 15 is 0 Å². The second kappa shape index (κ2) is 5.16. The van der Waals surface area contributed by atoms with Crippen molar-refractivity contribution in [3.8, 4) is 0 Å². The summed E-state index contributed by atoms with van der Waals surface area (Å²) in [6.07, 6.45) is 3.03. The van der Waals surface area contributed by atoms with Gasteiger partial charge in [-0.2, -0.15) is 0 Å². The standard InChI is InChI=1S/C13H22N2O3/c1-9-5-10(2)7-14(6-9)13(18)15(8-12(16)17)11-3-4-11/h9-11H,3-8H2,1-2H3,(H,16,17). The van der Waals surface area contributed by atoms with Gasteiger partial charge in [0.25, 0.3) is 0 Å². The fourth-order valence-corrected chi connectivity index (χ4v) is 2.89. The molecule has 2 fully saturated rings. The number of rotatable bonds is 3. The topological polar surface area (TPSA) is 60.9 Å². The first-order chi connectivity index (χ1) is 8.47. The van der Waals surface area contributed by atoms with Crippen LogP contribution in [0.4, 0.5) is 4.79 Å². The molecule has 2 unspecified atom stereocenters. The Hall–Kier alpha value is -1.26. The molecule has 2 rings (SSSR count). The molecule has 18 heavy (non-hydrogen) atoms. The number of carbonyl (C=O) groups excluding carboxylic acids is 1. The van der Waals surface area contributed by atoms with Crippen LogP contribution < -0.4 is 0 Å². The molecular formula is C13H22N2O3. The van der Waals surface area contributed by atoms with E-state index in [2.05, 4.69) is 13.8 Å². The molecule has 5 heteroatoms. The van der Waals surface area contributed by atoms with E-state index in [1.807, 2.05) is 4.90 Å². The Kier molecular flexibility index (Phi) is 3.78. The number of carboxylic acids is 1. The van der Waals surface area contributed by atoms with Gasteiger partial charge in [0.05, 0.1) is 0 Å². The fraction of sp³-hybridized carbons (Fsp3) is 0.846. The Balaban J connectivity index is 2.00. The van der Waals surface area contributed by atoms with Crippen LogP contribution >= 0.6 is 0 Å². The number of hydrogen-bond donors (Lipinski definition) is 1. The molecule has 0 aromatic rings. The molecule has 1 saturated heterocycles. The van der Waals surface area contributed by atoms with Gasteiger partial charge in [0.1, 0.15) is 6.54 Å². The highest BCUT2D eigenvalue weighted by atomic mass is 16.4. The van der Waals surface area contributed by atoms with Crippen LogP contribution in [-0.4, -0.2) is 52.6 Å². The van der Waals surface area contributed by atoms with Gasteiger partial charge in [0, 0.05) is 19.1 Å². The van der Waals surface area contributed by atoms with E-state index in [1.54, 1.807) is 0 Å². The van der Waals surface area contributed by atoms with Crippen molar-refractivity contribution in [3.05, 3.63) is 0 Å². The Morgan fingerprint density at radius 1 is 1.22 bits per heavy atom. The SMILES string of the molecule is CC1CC(C)CN(C(=O)N(CC(=O)O)C2CC2)C1. The van der Waals surface area contributed by atoms with Gasteiger partial charge in [0.15, 0.2) is 0 Å². The van der Waals surface area contributed by atoms with E-state index < -0.39 is 5.97 Å². The molecule has 102 valence electrons. The maximum atomic E-state index is 12.4. The van der Waals surface area contributed by atoms with E-state index in [-0.39, 0.29) is 18.6 Å². The second-order valence-electron chi connectivity index (χ2n) is 5.89. The summed E-state index contributed by atoms with van der Waals surface area (Å²) in [7, 11) is 0. The number of carboxylic acid groups (broad SMARTS) is 1. The van der Waals surface area contributed by atoms with E-state index in [1.165, 1.54) is 4.90 Å². The zero-order valence-electron chi connectivity index (χ0n) is 11.1. The highest BCUT2D eigenvalue weighted by Crippen LogP contribution is 2.29. The average molecular weight is 254 g/mol. The summed E-state index contributed by atoms with van der Waals surface area (Å²) in [6.45, 7) is 5.64. The van der Waals surface area contributed by atoms with Crippen molar-refractivity contribution in [1.82, 2.24) is 9.80 Å². The summed E-state index contributed by atoms with van der Waals surface area (Å²) < 4.78 is 0. The number of urea groups is 1. The molecular weight excluding hydrogens is 232 g/mol. The van der Waals surface area contributed by atoms with Crippen molar-refractivity contribution in [2.24, 2.45) is 11.8 Å². The van der Waals surface area contributed by atoms with E-state index in [4.69, 9.17) is 5.11 Å². The minimum absolute atomic E-state index is 0.0849. The zero-order chi connectivity index (χ0) is 13.3. The number of carbonyl (C=O) groups is 2. The van der Waals surface area contributed by atoms with Gasteiger partial charge < -0.3 is 14.9 Å². The second-order valence-corrected chi connectivity index (χ2v) is 5.89. The molecule has 1 aliphatic carbocycles. The van der Waals surface area contributed by atoms with E-state index in [9.17, 15) is 9.59 Å². The highest BCUT2D eigenvalue weighted by Gasteiger charge is 2.37. The summed E-state index contributed by atoms with van der Waals surface area (Å²) in [5.41, 5.74) is 0. The first-order valence-electron chi connectivity index (χ1n) is 6.74. The molecule has 0 spiro atoms. The molecule has 0 aromatic carbocycles. The number of likely N-dealkylation sites (tertiary alicyclic amines) is 1. The summed E-state index contributed by atoms with van der Waals surface area (Å²) in [4.78, 5) is 26.6. The molecule has 2 aliphatic rings. The minimum atomic E-state index is -0.923. The maximum absolute atomic E-state index is 12.4. The van der Waals surface area contributed by atoms with Crippen molar-refractivity contribution in [3.63, 3.8) is 0 Å². The molecule has 1 N–H and O–H groups in total. The third-order valence-corrected chi connectivity index (χ3v) is 3.68. The van der Waals surface area contributed by atoms with Crippen molar-refractivity contribution in [1.29, 1.82) is 0 Å². The van der Waals surface area contributed by atoms with Crippen molar-refractivity contribution in [2.45, 2.75) is 39.2 Å². The van der Waals surface area contributed by atoms with Crippen LogP contribution in [0.3, 0.4) is 0 Å². The molecule has 0 radical (unpaired) electrons. The predicted molar refractivity (Wildman–Crippen MR) is 67.3 cm³/mol. The first-order valence-corrected chi connectivity index (χ1v) is 6.74. The van der Waals surface area contributed by atoms with Gasteiger partial charge in [-0.05, 0) is 31.1 Å². The monoisotopic (exact) mass is 254 g/mol. The first kappa shape index (κ1) is 13.2. The van der Waals surface area contributed by atoms with Crippen LogP contribution in [0.25, 0.3) is 0 Å². The lowest BCUT2D eigenvalue weighted by molar-refractivity contribution is -0.137. The van der Waals surface area contributed by atoms with Gasteiger partial charge in [-0.25, -0.2) is 4.79 Å². The lowest BCUT2D eigenvalue weighted by Crippen LogP contribution is -2.51. The highest BCUT2D eigenvalue weighted by molar-refractivity contribution is 5.81. The zero-order valence-corrected chi connectivity index (χ0v) is 11.1. The predicted octanol–water partition coefficient (Wildman–Crippen LogP) is 1.63. The van der Waals surface area contributed by atoms with Crippen LogP contribution in [0.15, 0.2) is 0 Å². The maximum Gasteiger partial charge on any atom is 0.323 e. The number of amides is 2. The molecule has 1 saturated carbocycles. The quantitative estimate of drug-likeness (QED) is 0.832. The van der Waals surface area contributed by atoms with Gasteiger partial charge in [0.2, 0.25) is 0 Å². The van der Waals surface area contributed by atoms with Gasteiger partial charge in [-0.1, -0.05) is 13.8 Å². The Labute approximate surface area is 108 Å². The number of aliphatic carboxylic acids is 1. The van der Waals surface area contributed by atoms with E-state index in [0.29, 0.717) is 11.8 Å². The van der Waals surface area contributed by atoms with Crippen molar-refractivity contribution in [2.75, 3.05) is 19.6 Å². The molecule has 5 nitrogen and oxygen atoms in total. The molecule has 2 amide bonds. The number of nitrogens with zero attached hydrogens (tertiary/aromatic N) is 2. The summed E-state index contributed by atoms with van der Waals surface area (Å²) >= 11 is 0. The van der Waals surface area contributed by atoms with Crippen LogP contribution in [0.2, 0.25) is 0 Å². The summed E-state index contributed by atoms with van der Waals surface area (Å²) in [5.74, 6) is 0.0838. The number of piperidine rings is 1. The third-order valence-electron chi connectivity index (χ3n) is 3.68. The van der Waals surface area contributed by atoms with Gasteiger partial charge in [-0.15, -0.1) is 0 Å². The molecule has 1 aliphatic heterocycles. The Bertz CT molecular complexity index is 331. The van der Waals surface area contributed by atoms with Gasteiger partial charge >= 0.3 is 12.0 Å². The van der Waals surface area contributed by atoms with Crippen LogP contribution in [0.1, 0.15) is 33.1 Å². The third kappa shape index (κ3) is 3.15. The van der Waals surface area contributed by atoms with Crippen LogP contribution in [0, 0.1) is 11.8 Å². The molecule has 0 aromatic heterocycles. The van der Waals surface area contributed by atoms with Crippen LogP contribution in [-0.2, 0) is 4.79 Å². The van der Waals surface area contributed by atoms with Gasteiger partial charge in [-0.3, -0.25) is 4.79 Å². The Morgan fingerprint density at radius 3 is 2.22 bits per heavy atom. The van der Waals surface area contributed by atoms with Crippen molar-refractivity contribution >= 4 is 12.0 Å². The molecule has 2 atom stereocenters. The lowest BCUT2D eigenvalue weighted by Gasteiger charge is -2.37. The lowest BCUT2D eigenvalue weighted by atomic mass is 9.92. The minimum Gasteiger partial charge on any atom is -0.480 e. The molecule has 1 heterocycles. The number of hydrogen-bond acceptors (Lipinski definition) is 2. The fourth-order valence-electron chi connectivity index (χ4n) is 2.89. The van der Waals surface area contributed by atoms with Crippen LogP contribution in [0.5, 0.6) is 0 Å².